The number of rotatable bonds is 3. The van der Waals surface area contributed by atoms with Crippen LogP contribution in [0, 0.1) is 0 Å². The van der Waals surface area contributed by atoms with Gasteiger partial charge in [-0.25, -0.2) is 0 Å². The Morgan fingerprint density at radius 1 is 0.227 bits per heavy atom. The topological polar surface area (TPSA) is 0 Å². The van der Waals surface area contributed by atoms with Gasteiger partial charge in [0, 0.05) is 0 Å². The van der Waals surface area contributed by atoms with E-state index in [0.29, 0.717) is 0 Å². The van der Waals surface area contributed by atoms with Gasteiger partial charge in [0.1, 0.15) is 0 Å². The molecule has 0 fully saturated rings. The molecule has 0 aliphatic rings. The molecule has 0 amide bonds. The fourth-order valence-corrected chi connectivity index (χ4v) is 7.21. The minimum Gasteiger partial charge on any atom is -0.0616 e. The fourth-order valence-electron chi connectivity index (χ4n) is 7.21. The highest BCUT2D eigenvalue weighted by atomic mass is 14.2. The van der Waals surface area contributed by atoms with E-state index in [1.165, 1.54) is 87.2 Å². The van der Waals surface area contributed by atoms with Crippen molar-refractivity contribution >= 4 is 53.9 Å². The molecule has 0 spiro atoms. The van der Waals surface area contributed by atoms with Crippen LogP contribution in [0.2, 0.25) is 0 Å². The summed E-state index contributed by atoms with van der Waals surface area (Å²) < 4.78 is 0. The van der Waals surface area contributed by atoms with E-state index < -0.39 is 0 Å². The first-order valence-corrected chi connectivity index (χ1v) is 15.3. The van der Waals surface area contributed by atoms with Crippen molar-refractivity contribution in [2.75, 3.05) is 0 Å². The van der Waals surface area contributed by atoms with E-state index in [-0.39, 0.29) is 0 Å². The zero-order chi connectivity index (χ0) is 29.0. The van der Waals surface area contributed by atoms with Crippen LogP contribution in [0.4, 0.5) is 0 Å². The third kappa shape index (κ3) is 3.85. The Morgan fingerprint density at radius 3 is 1.39 bits per heavy atom. The van der Waals surface area contributed by atoms with Crippen molar-refractivity contribution in [3.05, 3.63) is 170 Å². The van der Waals surface area contributed by atoms with Gasteiger partial charge in [0.15, 0.2) is 0 Å². The van der Waals surface area contributed by atoms with E-state index in [2.05, 4.69) is 170 Å². The molecule has 9 aromatic carbocycles. The second-order valence-corrected chi connectivity index (χ2v) is 11.7. The van der Waals surface area contributed by atoms with Crippen molar-refractivity contribution in [3.8, 4) is 33.4 Å². The molecule has 0 bridgehead atoms. The van der Waals surface area contributed by atoms with Crippen molar-refractivity contribution < 1.29 is 0 Å². The zero-order valence-corrected chi connectivity index (χ0v) is 24.2. The van der Waals surface area contributed by atoms with E-state index in [4.69, 9.17) is 0 Å². The third-order valence-electron chi connectivity index (χ3n) is 9.26. The number of benzene rings is 9. The molecule has 0 aliphatic carbocycles. The Labute approximate surface area is 256 Å². The largest absolute Gasteiger partial charge is 0.0616 e. The van der Waals surface area contributed by atoms with Crippen LogP contribution in [0.5, 0.6) is 0 Å². The molecule has 0 saturated heterocycles. The minimum absolute atomic E-state index is 1.23. The van der Waals surface area contributed by atoms with Crippen molar-refractivity contribution in [2.45, 2.75) is 0 Å². The summed E-state index contributed by atoms with van der Waals surface area (Å²) in [5.74, 6) is 0. The maximum Gasteiger partial charge on any atom is -0.00201 e. The molecule has 0 aromatic heterocycles. The summed E-state index contributed by atoms with van der Waals surface area (Å²) in [5.41, 5.74) is 7.53. The Balaban J connectivity index is 1.37. The standard InChI is InChI=1S/C44H28/c1-5-16-35-29(10-1)13-7-18-39(35)42-21-9-20-41-38(33-24-25-37-32(28-33)23-22-31-12-3-4-15-34(31)37)26-27-43(44(41)42)40-19-8-14-30-11-2-6-17-36(30)40/h1-28H. The Morgan fingerprint density at radius 2 is 0.682 bits per heavy atom. The van der Waals surface area contributed by atoms with E-state index in [1.807, 2.05) is 0 Å². The fraction of sp³-hybridized carbons (Fsp3) is 0. The SMILES string of the molecule is c1ccc2c(-c3cccc4c(-c5ccc6c(ccc7ccccc76)c5)ccc(-c5cccc6ccccc56)c34)cccc2c1. The Bertz CT molecular complexity index is 2450. The summed E-state index contributed by atoms with van der Waals surface area (Å²) in [5, 5.41) is 12.7. The van der Waals surface area contributed by atoms with Crippen molar-refractivity contribution in [3.63, 3.8) is 0 Å². The number of hydrogen-bond acceptors (Lipinski definition) is 0. The van der Waals surface area contributed by atoms with Gasteiger partial charge in [0.2, 0.25) is 0 Å². The van der Waals surface area contributed by atoms with Crippen molar-refractivity contribution in [2.24, 2.45) is 0 Å². The van der Waals surface area contributed by atoms with Crippen LogP contribution in [0.15, 0.2) is 170 Å². The van der Waals surface area contributed by atoms with E-state index >= 15 is 0 Å². The molecular formula is C44H28. The van der Waals surface area contributed by atoms with Gasteiger partial charge >= 0.3 is 0 Å². The van der Waals surface area contributed by atoms with Crippen LogP contribution in [-0.2, 0) is 0 Å². The number of fused-ring (bicyclic) bond motifs is 6. The highest BCUT2D eigenvalue weighted by molar-refractivity contribution is 6.17. The second kappa shape index (κ2) is 9.93. The molecule has 0 aliphatic heterocycles. The van der Waals surface area contributed by atoms with E-state index in [1.54, 1.807) is 0 Å². The molecule has 204 valence electrons. The van der Waals surface area contributed by atoms with Crippen LogP contribution in [-0.4, -0.2) is 0 Å². The molecule has 9 rings (SSSR count). The molecule has 0 unspecified atom stereocenters. The average Bonchev–Trinajstić information content (AvgIpc) is 3.10. The lowest BCUT2D eigenvalue weighted by atomic mass is 9.85. The second-order valence-electron chi connectivity index (χ2n) is 11.7. The molecule has 0 N–H and O–H groups in total. The van der Waals surface area contributed by atoms with Gasteiger partial charge in [0.25, 0.3) is 0 Å². The summed E-state index contributed by atoms with van der Waals surface area (Å²) in [6, 6.07) is 62.4. The molecular weight excluding hydrogens is 528 g/mol. The van der Waals surface area contributed by atoms with Crippen LogP contribution in [0.25, 0.3) is 87.2 Å². The quantitative estimate of drug-likeness (QED) is 0.190. The van der Waals surface area contributed by atoms with E-state index in [0.717, 1.165) is 0 Å². The minimum atomic E-state index is 1.23. The van der Waals surface area contributed by atoms with Crippen LogP contribution in [0.1, 0.15) is 0 Å². The Hall–Kier alpha value is -5.72. The highest BCUT2D eigenvalue weighted by Crippen LogP contribution is 2.44. The van der Waals surface area contributed by atoms with Gasteiger partial charge in [-0.1, -0.05) is 164 Å². The summed E-state index contributed by atoms with van der Waals surface area (Å²) >= 11 is 0. The van der Waals surface area contributed by atoms with Gasteiger partial charge in [-0.15, -0.1) is 0 Å². The number of hydrogen-bond donors (Lipinski definition) is 0. The summed E-state index contributed by atoms with van der Waals surface area (Å²) in [6.07, 6.45) is 0. The summed E-state index contributed by atoms with van der Waals surface area (Å²) in [4.78, 5) is 0. The third-order valence-corrected chi connectivity index (χ3v) is 9.26. The van der Waals surface area contributed by atoms with Crippen LogP contribution in [0.3, 0.4) is 0 Å². The summed E-state index contributed by atoms with van der Waals surface area (Å²) in [6.45, 7) is 0. The predicted molar refractivity (Wildman–Crippen MR) is 190 cm³/mol. The van der Waals surface area contributed by atoms with Gasteiger partial charge in [-0.05, 0) is 93.3 Å². The highest BCUT2D eigenvalue weighted by Gasteiger charge is 2.17. The molecule has 0 radical (unpaired) electrons. The maximum atomic E-state index is 2.36. The van der Waals surface area contributed by atoms with Gasteiger partial charge in [-0.3, -0.25) is 0 Å². The van der Waals surface area contributed by atoms with Crippen LogP contribution >= 0.6 is 0 Å². The Kier molecular flexibility index (Phi) is 5.61. The van der Waals surface area contributed by atoms with Gasteiger partial charge < -0.3 is 0 Å². The van der Waals surface area contributed by atoms with Crippen molar-refractivity contribution in [1.82, 2.24) is 0 Å². The molecule has 44 heavy (non-hydrogen) atoms. The molecule has 0 atom stereocenters. The molecule has 0 heterocycles. The molecule has 0 nitrogen and oxygen atoms in total. The zero-order valence-electron chi connectivity index (χ0n) is 24.2. The van der Waals surface area contributed by atoms with Crippen molar-refractivity contribution in [1.29, 1.82) is 0 Å². The lowest BCUT2D eigenvalue weighted by Crippen LogP contribution is -1.91. The smallest absolute Gasteiger partial charge is 0.00201 e. The first-order valence-electron chi connectivity index (χ1n) is 15.3. The van der Waals surface area contributed by atoms with Crippen LogP contribution < -0.4 is 0 Å². The first-order chi connectivity index (χ1) is 21.8. The molecule has 9 aromatic rings. The van der Waals surface area contributed by atoms with Gasteiger partial charge in [0.05, 0.1) is 0 Å². The van der Waals surface area contributed by atoms with E-state index in [9.17, 15) is 0 Å². The monoisotopic (exact) mass is 556 g/mol. The molecule has 0 heteroatoms. The van der Waals surface area contributed by atoms with Gasteiger partial charge in [-0.2, -0.15) is 0 Å². The predicted octanol–water partition coefficient (Wildman–Crippen LogP) is 12.5. The molecule has 0 saturated carbocycles. The summed E-state index contributed by atoms with van der Waals surface area (Å²) in [7, 11) is 0. The normalized spacial score (nSPS) is 11.6. The average molecular weight is 557 g/mol. The maximum absolute atomic E-state index is 2.36. The first kappa shape index (κ1) is 24.8. The lowest BCUT2D eigenvalue weighted by Gasteiger charge is -2.18. The lowest BCUT2D eigenvalue weighted by molar-refractivity contribution is 1.64.